The number of aromatic nitrogens is 1. The van der Waals surface area contributed by atoms with Crippen LogP contribution in [0.1, 0.15) is 24.1 Å². The van der Waals surface area contributed by atoms with E-state index < -0.39 is 0 Å². The van der Waals surface area contributed by atoms with Gasteiger partial charge in [0.25, 0.3) is 5.69 Å². The lowest BCUT2D eigenvalue weighted by Crippen LogP contribution is -2.18. The van der Waals surface area contributed by atoms with Crippen LogP contribution in [0.15, 0.2) is 48.8 Å². The zero-order valence-corrected chi connectivity index (χ0v) is 10.6. The molecular weight excluding hydrogens is 242 g/mol. The quantitative estimate of drug-likeness (QED) is 0.660. The molecule has 5 nitrogen and oxygen atoms in total. The first-order valence-electron chi connectivity index (χ1n) is 6.03. The van der Waals surface area contributed by atoms with E-state index in [-0.39, 0.29) is 16.7 Å². The number of hydrogen-bond donors (Lipinski definition) is 1. The van der Waals surface area contributed by atoms with Crippen molar-refractivity contribution in [3.05, 3.63) is 70.0 Å². The third-order valence-electron chi connectivity index (χ3n) is 2.94. The van der Waals surface area contributed by atoms with Crippen molar-refractivity contribution < 1.29 is 4.92 Å². The van der Waals surface area contributed by atoms with Gasteiger partial charge in [-0.3, -0.25) is 15.1 Å². The molecule has 0 aliphatic rings. The summed E-state index contributed by atoms with van der Waals surface area (Å²) in [7, 11) is 0. The third-order valence-corrected chi connectivity index (χ3v) is 2.94. The maximum atomic E-state index is 10.7. The van der Waals surface area contributed by atoms with E-state index in [9.17, 15) is 10.1 Å². The van der Waals surface area contributed by atoms with E-state index in [4.69, 9.17) is 0 Å². The van der Waals surface area contributed by atoms with Crippen LogP contribution in [0.5, 0.6) is 0 Å². The lowest BCUT2D eigenvalue weighted by atomic mass is 10.1. The van der Waals surface area contributed by atoms with Gasteiger partial charge in [-0.15, -0.1) is 0 Å². The normalized spacial score (nSPS) is 12.1. The predicted octanol–water partition coefficient (Wildman–Crippen LogP) is 2.84. The van der Waals surface area contributed by atoms with E-state index in [0.717, 1.165) is 11.1 Å². The Morgan fingerprint density at radius 3 is 2.74 bits per heavy atom. The number of nitro benzene ring substituents is 1. The molecule has 2 rings (SSSR count). The Labute approximate surface area is 111 Å². The number of nitrogens with one attached hydrogen (secondary N) is 1. The van der Waals surface area contributed by atoms with E-state index in [1.165, 1.54) is 6.07 Å². The first-order chi connectivity index (χ1) is 9.16. The zero-order valence-electron chi connectivity index (χ0n) is 10.6. The van der Waals surface area contributed by atoms with Gasteiger partial charge in [0.1, 0.15) is 0 Å². The highest BCUT2D eigenvalue weighted by molar-refractivity contribution is 5.34. The molecule has 0 fully saturated rings. The van der Waals surface area contributed by atoms with Crippen molar-refractivity contribution >= 4 is 5.69 Å². The maximum Gasteiger partial charge on any atom is 0.269 e. The van der Waals surface area contributed by atoms with Crippen molar-refractivity contribution in [2.45, 2.75) is 19.5 Å². The molecule has 1 atom stereocenters. The monoisotopic (exact) mass is 257 g/mol. The van der Waals surface area contributed by atoms with Crippen molar-refractivity contribution in [3.63, 3.8) is 0 Å². The first kappa shape index (κ1) is 13.2. The number of nitrogens with zero attached hydrogens (tertiary/aromatic N) is 2. The Morgan fingerprint density at radius 1 is 1.32 bits per heavy atom. The molecule has 0 saturated heterocycles. The standard InChI is InChI=1S/C14H15N3O2/c1-11(13-5-7-15-8-6-13)16-10-12-3-2-4-14(9-12)17(18)19/h2-9,11,16H,10H2,1H3/t11-/m1/s1. The minimum atomic E-state index is -0.379. The molecular formula is C14H15N3O2. The minimum Gasteiger partial charge on any atom is -0.306 e. The number of hydrogen-bond acceptors (Lipinski definition) is 4. The number of nitro groups is 1. The largest absolute Gasteiger partial charge is 0.306 e. The van der Waals surface area contributed by atoms with Crippen LogP contribution in [0, 0.1) is 10.1 Å². The van der Waals surface area contributed by atoms with Crippen LogP contribution in [0.25, 0.3) is 0 Å². The fourth-order valence-electron chi connectivity index (χ4n) is 1.82. The van der Waals surface area contributed by atoms with E-state index >= 15 is 0 Å². The van der Waals surface area contributed by atoms with E-state index in [0.29, 0.717) is 6.54 Å². The fraction of sp³-hybridized carbons (Fsp3) is 0.214. The summed E-state index contributed by atoms with van der Waals surface area (Å²) in [5, 5.41) is 14.0. The Bertz CT molecular complexity index is 558. The van der Waals surface area contributed by atoms with Crippen LogP contribution in [-0.4, -0.2) is 9.91 Å². The second kappa shape index (κ2) is 6.06. The molecule has 1 aromatic heterocycles. The van der Waals surface area contributed by atoms with Gasteiger partial charge in [0.05, 0.1) is 4.92 Å². The van der Waals surface area contributed by atoms with Crippen molar-refractivity contribution in [2.24, 2.45) is 0 Å². The third kappa shape index (κ3) is 3.59. The Morgan fingerprint density at radius 2 is 2.05 bits per heavy atom. The minimum absolute atomic E-state index is 0.121. The van der Waals surface area contributed by atoms with Crippen molar-refractivity contribution in [1.82, 2.24) is 10.3 Å². The van der Waals surface area contributed by atoms with Crippen molar-refractivity contribution in [1.29, 1.82) is 0 Å². The Balaban J connectivity index is 1.99. The van der Waals surface area contributed by atoms with E-state index in [2.05, 4.69) is 10.3 Å². The summed E-state index contributed by atoms with van der Waals surface area (Å²) in [5.41, 5.74) is 2.16. The molecule has 5 heteroatoms. The molecule has 0 amide bonds. The smallest absolute Gasteiger partial charge is 0.269 e. The topological polar surface area (TPSA) is 68.1 Å². The van der Waals surface area contributed by atoms with Crippen LogP contribution in [-0.2, 0) is 6.54 Å². The Hall–Kier alpha value is -2.27. The average molecular weight is 257 g/mol. The lowest BCUT2D eigenvalue weighted by molar-refractivity contribution is -0.384. The van der Waals surface area contributed by atoms with Crippen molar-refractivity contribution in [2.75, 3.05) is 0 Å². The molecule has 98 valence electrons. The van der Waals surface area contributed by atoms with Gasteiger partial charge in [-0.2, -0.15) is 0 Å². The summed E-state index contributed by atoms with van der Waals surface area (Å²) >= 11 is 0. The highest BCUT2D eigenvalue weighted by atomic mass is 16.6. The molecule has 0 radical (unpaired) electrons. The molecule has 0 saturated carbocycles. The SMILES string of the molecule is C[C@@H](NCc1cccc([N+](=O)[O-])c1)c1ccncc1. The first-order valence-corrected chi connectivity index (χ1v) is 6.03. The molecule has 1 N–H and O–H groups in total. The highest BCUT2D eigenvalue weighted by Gasteiger charge is 2.07. The van der Waals surface area contributed by atoms with E-state index in [1.54, 1.807) is 24.5 Å². The lowest BCUT2D eigenvalue weighted by Gasteiger charge is -2.13. The van der Waals surface area contributed by atoms with Gasteiger partial charge in [-0.25, -0.2) is 0 Å². The number of non-ortho nitro benzene ring substituents is 1. The summed E-state index contributed by atoms with van der Waals surface area (Å²) in [6.45, 7) is 2.64. The predicted molar refractivity (Wildman–Crippen MR) is 72.6 cm³/mol. The molecule has 0 aliphatic carbocycles. The van der Waals surface area contributed by atoms with Gasteiger partial charge in [0.2, 0.25) is 0 Å². The summed E-state index contributed by atoms with van der Waals surface area (Å²) in [4.78, 5) is 14.3. The average Bonchev–Trinajstić information content (AvgIpc) is 2.46. The maximum absolute atomic E-state index is 10.7. The van der Waals surface area contributed by atoms with Crippen molar-refractivity contribution in [3.8, 4) is 0 Å². The van der Waals surface area contributed by atoms with Gasteiger partial charge in [-0.1, -0.05) is 12.1 Å². The molecule has 19 heavy (non-hydrogen) atoms. The second-order valence-corrected chi connectivity index (χ2v) is 4.31. The summed E-state index contributed by atoms with van der Waals surface area (Å²) in [6.07, 6.45) is 3.50. The number of pyridine rings is 1. The van der Waals surface area contributed by atoms with Crippen LogP contribution in [0.3, 0.4) is 0 Å². The zero-order chi connectivity index (χ0) is 13.7. The van der Waals surface area contributed by atoms with Gasteiger partial charge in [0, 0.05) is 37.1 Å². The number of rotatable bonds is 5. The summed E-state index contributed by atoms with van der Waals surface area (Å²) in [6, 6.07) is 10.7. The Kier molecular flexibility index (Phi) is 4.20. The molecule has 1 heterocycles. The summed E-state index contributed by atoms with van der Waals surface area (Å²) in [5.74, 6) is 0. The summed E-state index contributed by atoms with van der Waals surface area (Å²) < 4.78 is 0. The van der Waals surface area contributed by atoms with E-state index in [1.807, 2.05) is 25.1 Å². The van der Waals surface area contributed by atoms with Crippen LogP contribution in [0.4, 0.5) is 5.69 Å². The fourth-order valence-corrected chi connectivity index (χ4v) is 1.82. The molecule has 0 unspecified atom stereocenters. The van der Waals surface area contributed by atoms with Crippen LogP contribution >= 0.6 is 0 Å². The highest BCUT2D eigenvalue weighted by Crippen LogP contribution is 2.15. The van der Waals surface area contributed by atoms with Gasteiger partial charge in [0.15, 0.2) is 0 Å². The molecule has 0 aliphatic heterocycles. The molecule has 0 spiro atoms. The van der Waals surface area contributed by atoms with Gasteiger partial charge in [-0.05, 0) is 30.2 Å². The van der Waals surface area contributed by atoms with Gasteiger partial charge >= 0.3 is 0 Å². The van der Waals surface area contributed by atoms with Crippen LogP contribution in [0.2, 0.25) is 0 Å². The molecule has 0 bridgehead atoms. The number of benzene rings is 1. The molecule has 1 aromatic carbocycles. The molecule has 2 aromatic rings. The van der Waals surface area contributed by atoms with Crippen LogP contribution < -0.4 is 5.32 Å². The second-order valence-electron chi connectivity index (χ2n) is 4.31. The van der Waals surface area contributed by atoms with Gasteiger partial charge < -0.3 is 5.32 Å².